The molecule has 1 aliphatic carbocycles. The third kappa shape index (κ3) is 8.41. The number of benzene rings is 2. The summed E-state index contributed by atoms with van der Waals surface area (Å²) in [6.45, 7) is 17.2. The van der Waals surface area contributed by atoms with Gasteiger partial charge in [-0.15, -0.1) is 0 Å². The Hall–Kier alpha value is -2.01. The molecule has 1 aromatic heterocycles. The van der Waals surface area contributed by atoms with Crippen LogP contribution < -0.4 is 10.4 Å². The number of ether oxygens (including phenoxy) is 2. The Kier molecular flexibility index (Phi) is 11.6. The molecule has 8 heteroatoms. The summed E-state index contributed by atoms with van der Waals surface area (Å²) < 4.78 is 26.0. The standard InChI is InChI=1S/C36H50INO5Si/c1-25(2)21-26-22-27(23-26)34-32(37)33(38-43-34)30(40-24-31(39)42-35(3,4)5)19-20-41-44(36(6,7)8,28-15-11-9-12-16-28)29-17-13-10-14-18-29/h9-18,25-27,30H,19-24H2,1-8H3. The molecule has 3 aromatic rings. The van der Waals surface area contributed by atoms with Crippen molar-refractivity contribution in [2.45, 2.75) is 104 Å². The van der Waals surface area contributed by atoms with Crippen LogP contribution >= 0.6 is 22.6 Å². The lowest BCUT2D eigenvalue weighted by Gasteiger charge is -2.43. The van der Waals surface area contributed by atoms with Crippen LogP contribution in [0.3, 0.4) is 0 Å². The maximum Gasteiger partial charge on any atom is 0.332 e. The maximum atomic E-state index is 12.7. The number of carbonyl (C=O) groups excluding carboxylic acids is 1. The summed E-state index contributed by atoms with van der Waals surface area (Å²) in [5, 5.41) is 6.84. The minimum Gasteiger partial charge on any atom is -0.458 e. The molecule has 0 spiro atoms. The van der Waals surface area contributed by atoms with Gasteiger partial charge in [-0.2, -0.15) is 0 Å². The average Bonchev–Trinajstić information content (AvgIpc) is 3.29. The first-order valence-corrected chi connectivity index (χ1v) is 18.9. The Morgan fingerprint density at radius 3 is 2.05 bits per heavy atom. The van der Waals surface area contributed by atoms with Crippen LogP contribution in [-0.4, -0.2) is 38.3 Å². The SMILES string of the molecule is CC(C)CC1CC(c2onc(C(CCO[Si](c3ccccc3)(c3ccccc3)C(C)(C)C)OCC(=O)OC(C)(C)C)c2I)C1. The van der Waals surface area contributed by atoms with Gasteiger partial charge in [-0.25, -0.2) is 4.79 Å². The predicted molar refractivity (Wildman–Crippen MR) is 187 cm³/mol. The Balaban J connectivity index is 1.59. The van der Waals surface area contributed by atoms with Gasteiger partial charge in [0.05, 0.1) is 3.57 Å². The van der Waals surface area contributed by atoms with Crippen molar-refractivity contribution in [3.63, 3.8) is 0 Å². The van der Waals surface area contributed by atoms with Gasteiger partial charge in [-0.3, -0.25) is 0 Å². The molecule has 0 saturated heterocycles. The molecule has 0 amide bonds. The molecule has 0 bridgehead atoms. The van der Waals surface area contributed by atoms with E-state index in [1.165, 1.54) is 16.8 Å². The zero-order valence-electron chi connectivity index (χ0n) is 27.7. The van der Waals surface area contributed by atoms with E-state index in [-0.39, 0.29) is 11.6 Å². The fourth-order valence-electron chi connectivity index (χ4n) is 6.49. The number of carbonyl (C=O) groups is 1. The van der Waals surface area contributed by atoms with E-state index in [0.29, 0.717) is 24.9 Å². The van der Waals surface area contributed by atoms with E-state index in [0.717, 1.165) is 33.8 Å². The van der Waals surface area contributed by atoms with Crippen molar-refractivity contribution in [2.75, 3.05) is 13.2 Å². The van der Waals surface area contributed by atoms with E-state index in [1.807, 2.05) is 32.9 Å². The van der Waals surface area contributed by atoms with Gasteiger partial charge >= 0.3 is 5.97 Å². The molecule has 0 radical (unpaired) electrons. The number of aromatic nitrogens is 1. The molecule has 1 saturated carbocycles. The van der Waals surface area contributed by atoms with Crippen molar-refractivity contribution in [2.24, 2.45) is 11.8 Å². The molecule has 0 N–H and O–H groups in total. The summed E-state index contributed by atoms with van der Waals surface area (Å²) in [7, 11) is -2.73. The molecule has 2 aromatic carbocycles. The first-order valence-electron chi connectivity index (χ1n) is 15.9. The van der Waals surface area contributed by atoms with Gasteiger partial charge < -0.3 is 18.4 Å². The largest absolute Gasteiger partial charge is 0.458 e. The van der Waals surface area contributed by atoms with Gasteiger partial charge in [-0.1, -0.05) is 100 Å². The normalized spacial score (nSPS) is 18.2. The molecular weight excluding hydrogens is 681 g/mol. The van der Waals surface area contributed by atoms with E-state index >= 15 is 0 Å². The second-order valence-corrected chi connectivity index (χ2v) is 20.0. The van der Waals surface area contributed by atoms with Crippen LogP contribution in [0, 0.1) is 15.4 Å². The summed E-state index contributed by atoms with van der Waals surface area (Å²) in [5.41, 5.74) is 0.150. The quantitative estimate of drug-likeness (QED) is 0.100. The highest BCUT2D eigenvalue weighted by Crippen LogP contribution is 2.47. The molecule has 240 valence electrons. The van der Waals surface area contributed by atoms with Crippen molar-refractivity contribution in [1.82, 2.24) is 5.16 Å². The number of hydrogen-bond acceptors (Lipinski definition) is 6. The molecule has 1 atom stereocenters. The summed E-state index contributed by atoms with van der Waals surface area (Å²) >= 11 is 2.35. The second kappa shape index (κ2) is 14.6. The smallest absolute Gasteiger partial charge is 0.332 e. The Morgan fingerprint density at radius 1 is 0.977 bits per heavy atom. The molecule has 6 nitrogen and oxygen atoms in total. The summed E-state index contributed by atoms with van der Waals surface area (Å²) in [4.78, 5) is 12.7. The number of esters is 1. The van der Waals surface area contributed by atoms with Crippen molar-refractivity contribution in [3.05, 3.63) is 75.7 Å². The van der Waals surface area contributed by atoms with Crippen LogP contribution in [0.4, 0.5) is 0 Å². The highest BCUT2D eigenvalue weighted by Gasteiger charge is 2.50. The monoisotopic (exact) mass is 731 g/mol. The van der Waals surface area contributed by atoms with E-state index < -0.39 is 26.0 Å². The Bertz CT molecular complexity index is 1300. The third-order valence-electron chi connectivity index (χ3n) is 8.34. The molecule has 1 heterocycles. The lowest BCUT2D eigenvalue weighted by molar-refractivity contribution is -0.162. The minimum absolute atomic E-state index is 0.144. The van der Waals surface area contributed by atoms with Gasteiger partial charge in [0, 0.05) is 18.9 Å². The van der Waals surface area contributed by atoms with Crippen molar-refractivity contribution in [1.29, 1.82) is 0 Å². The van der Waals surface area contributed by atoms with E-state index in [9.17, 15) is 4.79 Å². The van der Waals surface area contributed by atoms with Crippen LogP contribution in [0.1, 0.15) is 105 Å². The van der Waals surface area contributed by atoms with Gasteiger partial charge in [0.25, 0.3) is 8.32 Å². The molecule has 1 unspecified atom stereocenters. The Labute approximate surface area is 278 Å². The topological polar surface area (TPSA) is 70.8 Å². The number of nitrogens with zero attached hydrogens (tertiary/aromatic N) is 1. The van der Waals surface area contributed by atoms with Crippen molar-refractivity contribution in [3.8, 4) is 0 Å². The summed E-state index contributed by atoms with van der Waals surface area (Å²) in [5.74, 6) is 2.37. The molecular formula is C36H50INO5Si. The summed E-state index contributed by atoms with van der Waals surface area (Å²) in [6.07, 6.45) is 3.55. The third-order valence-corrected chi connectivity index (χ3v) is 14.5. The van der Waals surface area contributed by atoms with Crippen LogP contribution in [-0.2, 0) is 18.7 Å². The zero-order chi connectivity index (χ0) is 32.1. The first kappa shape index (κ1) is 34.9. The average molecular weight is 732 g/mol. The lowest BCUT2D eigenvalue weighted by atomic mass is 9.70. The van der Waals surface area contributed by atoms with Crippen LogP contribution in [0.2, 0.25) is 5.04 Å². The molecule has 1 aliphatic rings. The fraction of sp³-hybridized carbons (Fsp3) is 0.556. The fourth-order valence-corrected chi connectivity index (χ4v) is 12.1. The maximum absolute atomic E-state index is 12.7. The van der Waals surface area contributed by atoms with Gasteiger partial charge in [0.1, 0.15) is 24.0 Å². The molecule has 4 rings (SSSR count). The molecule has 1 fully saturated rings. The number of rotatable bonds is 13. The predicted octanol–water partition coefficient (Wildman–Crippen LogP) is 8.19. The van der Waals surface area contributed by atoms with Crippen LogP contribution in [0.15, 0.2) is 65.2 Å². The minimum atomic E-state index is -2.73. The van der Waals surface area contributed by atoms with Crippen molar-refractivity contribution >= 4 is 47.3 Å². The highest BCUT2D eigenvalue weighted by molar-refractivity contribution is 14.1. The van der Waals surface area contributed by atoms with Crippen molar-refractivity contribution < 1.29 is 23.2 Å². The van der Waals surface area contributed by atoms with Crippen LogP contribution in [0.25, 0.3) is 0 Å². The summed E-state index contributed by atoms with van der Waals surface area (Å²) in [6, 6.07) is 21.2. The second-order valence-electron chi connectivity index (χ2n) is 14.6. The van der Waals surface area contributed by atoms with E-state index in [2.05, 4.69) is 111 Å². The first-order chi connectivity index (χ1) is 20.7. The number of hydrogen-bond donors (Lipinski definition) is 0. The van der Waals surface area contributed by atoms with Gasteiger partial charge in [0.15, 0.2) is 5.76 Å². The Morgan fingerprint density at radius 2 is 1.55 bits per heavy atom. The van der Waals surface area contributed by atoms with Gasteiger partial charge in [0.2, 0.25) is 0 Å². The highest BCUT2D eigenvalue weighted by atomic mass is 127. The lowest BCUT2D eigenvalue weighted by Crippen LogP contribution is -2.66. The zero-order valence-corrected chi connectivity index (χ0v) is 30.8. The van der Waals surface area contributed by atoms with Crippen LogP contribution in [0.5, 0.6) is 0 Å². The van der Waals surface area contributed by atoms with E-state index in [4.69, 9.17) is 18.4 Å². The van der Waals surface area contributed by atoms with Gasteiger partial charge in [-0.05, 0) is 89.9 Å². The molecule has 0 aliphatic heterocycles. The van der Waals surface area contributed by atoms with E-state index in [1.54, 1.807) is 0 Å². The number of halogens is 1. The molecule has 44 heavy (non-hydrogen) atoms.